The van der Waals surface area contributed by atoms with E-state index in [-0.39, 0.29) is 24.2 Å². The van der Waals surface area contributed by atoms with Crippen LogP contribution in [0.2, 0.25) is 0 Å². The number of ether oxygens (including phenoxy) is 1. The molecule has 0 aliphatic carbocycles. The van der Waals surface area contributed by atoms with Gasteiger partial charge in [-0.15, -0.1) is 11.3 Å². The van der Waals surface area contributed by atoms with E-state index in [2.05, 4.69) is 28.6 Å². The Kier molecular flexibility index (Phi) is 4.59. The van der Waals surface area contributed by atoms with Crippen molar-refractivity contribution in [3.63, 3.8) is 0 Å². The van der Waals surface area contributed by atoms with Crippen LogP contribution in [0.15, 0.2) is 17.5 Å². The maximum atomic E-state index is 12.4. The molecule has 116 valence electrons. The third-order valence-electron chi connectivity index (χ3n) is 4.26. The average molecular weight is 309 g/mol. The molecule has 5 nitrogen and oxygen atoms in total. The fraction of sp³-hybridized carbons (Fsp3) is 0.667. The predicted molar refractivity (Wildman–Crippen MR) is 83.2 cm³/mol. The predicted octanol–water partition coefficient (Wildman–Crippen LogP) is 1.29. The van der Waals surface area contributed by atoms with Crippen molar-refractivity contribution in [2.24, 2.45) is 0 Å². The molecule has 2 saturated heterocycles. The Morgan fingerprint density at radius 2 is 2.38 bits per heavy atom. The lowest BCUT2D eigenvalue weighted by atomic mass is 10.2. The zero-order valence-corrected chi connectivity index (χ0v) is 13.4. The Morgan fingerprint density at radius 3 is 3.10 bits per heavy atom. The minimum atomic E-state index is -0.122. The molecule has 1 aromatic rings. The van der Waals surface area contributed by atoms with E-state index in [1.54, 1.807) is 11.3 Å². The highest BCUT2D eigenvalue weighted by molar-refractivity contribution is 7.10. The van der Waals surface area contributed by atoms with Gasteiger partial charge in [-0.1, -0.05) is 13.0 Å². The first-order chi connectivity index (χ1) is 10.2. The van der Waals surface area contributed by atoms with Crippen LogP contribution in [0.5, 0.6) is 0 Å². The van der Waals surface area contributed by atoms with Crippen LogP contribution < -0.4 is 5.32 Å². The van der Waals surface area contributed by atoms with Crippen LogP contribution >= 0.6 is 11.3 Å². The van der Waals surface area contributed by atoms with Crippen molar-refractivity contribution in [2.45, 2.75) is 32.2 Å². The van der Waals surface area contributed by atoms with Crippen LogP contribution in [0.1, 0.15) is 24.9 Å². The Bertz CT molecular complexity index is 479. The van der Waals surface area contributed by atoms with Crippen molar-refractivity contribution in [2.75, 3.05) is 32.8 Å². The average Bonchev–Trinajstić information content (AvgIpc) is 3.11. The van der Waals surface area contributed by atoms with Gasteiger partial charge in [0.2, 0.25) is 5.91 Å². The van der Waals surface area contributed by atoms with E-state index < -0.39 is 0 Å². The molecule has 3 unspecified atom stereocenters. The van der Waals surface area contributed by atoms with Crippen molar-refractivity contribution in [1.29, 1.82) is 0 Å². The molecule has 3 rings (SSSR count). The molecule has 0 spiro atoms. The molecular weight excluding hydrogens is 286 g/mol. The van der Waals surface area contributed by atoms with Crippen molar-refractivity contribution >= 4 is 17.2 Å². The molecule has 1 N–H and O–H groups in total. The second-order valence-electron chi connectivity index (χ2n) is 5.68. The van der Waals surface area contributed by atoms with Crippen LogP contribution in [0.25, 0.3) is 0 Å². The molecule has 1 aromatic heterocycles. The standard InChI is InChI=1S/C15H23N3O2S/c1-3-17-6-7-20-12(9-17)10-18-14(13-5-4-8-21-13)16-11(2)15(18)19/h4-5,8,11-12,14,16H,3,6-7,9-10H2,1-2H3. The molecule has 2 fully saturated rings. The molecule has 0 radical (unpaired) electrons. The first-order valence-electron chi connectivity index (χ1n) is 7.63. The molecule has 0 saturated carbocycles. The second kappa shape index (κ2) is 6.44. The molecule has 2 aliphatic rings. The number of morpholine rings is 1. The summed E-state index contributed by atoms with van der Waals surface area (Å²) in [5.41, 5.74) is 0. The lowest BCUT2D eigenvalue weighted by molar-refractivity contribution is -0.133. The van der Waals surface area contributed by atoms with E-state index in [1.807, 2.05) is 17.9 Å². The number of carbonyl (C=O) groups excluding carboxylic acids is 1. The highest BCUT2D eigenvalue weighted by atomic mass is 32.1. The summed E-state index contributed by atoms with van der Waals surface area (Å²) in [5.74, 6) is 0.172. The lowest BCUT2D eigenvalue weighted by Gasteiger charge is -2.35. The van der Waals surface area contributed by atoms with Gasteiger partial charge in [-0.3, -0.25) is 15.0 Å². The van der Waals surface area contributed by atoms with Gasteiger partial charge in [0.05, 0.1) is 25.3 Å². The first-order valence-corrected chi connectivity index (χ1v) is 8.51. The normalized spacial score (nSPS) is 31.0. The van der Waals surface area contributed by atoms with Crippen LogP contribution in [0, 0.1) is 0 Å². The number of amides is 1. The van der Waals surface area contributed by atoms with Crippen molar-refractivity contribution in [1.82, 2.24) is 15.1 Å². The maximum absolute atomic E-state index is 12.4. The number of carbonyl (C=O) groups is 1. The van der Waals surface area contributed by atoms with E-state index in [0.29, 0.717) is 6.54 Å². The molecule has 1 amide bonds. The first kappa shape index (κ1) is 15.0. The molecule has 0 aromatic carbocycles. The third-order valence-corrected chi connectivity index (χ3v) is 5.18. The van der Waals surface area contributed by atoms with Gasteiger partial charge >= 0.3 is 0 Å². The van der Waals surface area contributed by atoms with E-state index in [4.69, 9.17) is 4.74 Å². The third kappa shape index (κ3) is 3.13. The number of hydrogen-bond acceptors (Lipinski definition) is 5. The smallest absolute Gasteiger partial charge is 0.241 e. The molecular formula is C15H23N3O2S. The number of nitrogens with zero attached hydrogens (tertiary/aromatic N) is 2. The van der Waals surface area contributed by atoms with Gasteiger partial charge < -0.3 is 9.64 Å². The number of likely N-dealkylation sites (N-methyl/N-ethyl adjacent to an activating group) is 1. The maximum Gasteiger partial charge on any atom is 0.241 e. The highest BCUT2D eigenvalue weighted by Crippen LogP contribution is 2.29. The van der Waals surface area contributed by atoms with Gasteiger partial charge in [0.25, 0.3) is 0 Å². The largest absolute Gasteiger partial charge is 0.374 e. The monoisotopic (exact) mass is 309 g/mol. The van der Waals surface area contributed by atoms with Gasteiger partial charge in [-0.25, -0.2) is 0 Å². The quantitative estimate of drug-likeness (QED) is 0.910. The van der Waals surface area contributed by atoms with E-state index in [9.17, 15) is 4.79 Å². The summed E-state index contributed by atoms with van der Waals surface area (Å²) in [6, 6.07) is 3.99. The van der Waals surface area contributed by atoms with Crippen LogP contribution in [0.4, 0.5) is 0 Å². The van der Waals surface area contributed by atoms with Crippen molar-refractivity contribution < 1.29 is 9.53 Å². The number of thiophene rings is 1. The van der Waals surface area contributed by atoms with Crippen LogP contribution in [-0.4, -0.2) is 60.6 Å². The fourth-order valence-corrected chi connectivity index (χ4v) is 3.85. The van der Waals surface area contributed by atoms with Gasteiger partial charge in [0.1, 0.15) is 6.17 Å². The van der Waals surface area contributed by atoms with Gasteiger partial charge in [-0.05, 0) is 24.9 Å². The number of hydrogen-bond donors (Lipinski definition) is 1. The summed E-state index contributed by atoms with van der Waals surface area (Å²) in [5, 5.41) is 5.44. The van der Waals surface area contributed by atoms with Crippen molar-refractivity contribution in [3.05, 3.63) is 22.4 Å². The molecule has 21 heavy (non-hydrogen) atoms. The lowest BCUT2D eigenvalue weighted by Crippen LogP contribution is -2.48. The van der Waals surface area contributed by atoms with Gasteiger partial charge in [0, 0.05) is 18.0 Å². The van der Waals surface area contributed by atoms with Crippen LogP contribution in [-0.2, 0) is 9.53 Å². The molecule has 3 atom stereocenters. The fourth-order valence-electron chi connectivity index (χ4n) is 3.05. The van der Waals surface area contributed by atoms with Gasteiger partial charge in [-0.2, -0.15) is 0 Å². The summed E-state index contributed by atoms with van der Waals surface area (Å²) in [7, 11) is 0. The summed E-state index contributed by atoms with van der Waals surface area (Å²) in [4.78, 5) is 18.0. The summed E-state index contributed by atoms with van der Waals surface area (Å²) in [6.45, 7) is 8.46. The minimum absolute atomic E-state index is 0.00639. The Morgan fingerprint density at radius 1 is 1.52 bits per heavy atom. The molecule has 3 heterocycles. The molecule has 2 aliphatic heterocycles. The SMILES string of the molecule is CCN1CCOC(CN2C(=O)C(C)NC2c2cccs2)C1. The van der Waals surface area contributed by atoms with E-state index in [1.165, 1.54) is 4.88 Å². The minimum Gasteiger partial charge on any atom is -0.374 e. The number of nitrogens with one attached hydrogen (secondary N) is 1. The highest BCUT2D eigenvalue weighted by Gasteiger charge is 2.39. The molecule has 0 bridgehead atoms. The van der Waals surface area contributed by atoms with Gasteiger partial charge in [0.15, 0.2) is 0 Å². The van der Waals surface area contributed by atoms with Crippen LogP contribution in [0.3, 0.4) is 0 Å². The zero-order valence-electron chi connectivity index (χ0n) is 12.6. The number of rotatable bonds is 4. The van der Waals surface area contributed by atoms with E-state index in [0.717, 1.165) is 26.2 Å². The topological polar surface area (TPSA) is 44.8 Å². The summed E-state index contributed by atoms with van der Waals surface area (Å²) >= 11 is 1.69. The second-order valence-corrected chi connectivity index (χ2v) is 6.66. The Hall–Kier alpha value is -0.950. The summed E-state index contributed by atoms with van der Waals surface area (Å²) < 4.78 is 5.86. The zero-order chi connectivity index (χ0) is 14.8. The summed E-state index contributed by atoms with van der Waals surface area (Å²) in [6.07, 6.45) is 0.102. The van der Waals surface area contributed by atoms with E-state index >= 15 is 0 Å². The Balaban J connectivity index is 1.70. The van der Waals surface area contributed by atoms with Crippen molar-refractivity contribution in [3.8, 4) is 0 Å². The molecule has 6 heteroatoms. The Labute approximate surface area is 129 Å².